The fourth-order valence-electron chi connectivity index (χ4n) is 11.9. The number of fused-ring (bicyclic) bond motifs is 10. The summed E-state index contributed by atoms with van der Waals surface area (Å²) in [6.45, 7) is 0. The van der Waals surface area contributed by atoms with Gasteiger partial charge in [0.2, 0.25) is 0 Å². The molecule has 1 aromatic heterocycles. The zero-order chi connectivity index (χ0) is 44.5. The maximum Gasteiger partial charge on any atom is 0.0715 e. The van der Waals surface area contributed by atoms with Crippen molar-refractivity contribution in [1.29, 1.82) is 0 Å². The van der Waals surface area contributed by atoms with Gasteiger partial charge in [0, 0.05) is 11.1 Å². The highest BCUT2D eigenvalue weighted by atomic mass is 14.7. The van der Waals surface area contributed by atoms with Gasteiger partial charge in [-0.25, -0.2) is 4.98 Å². The maximum absolute atomic E-state index is 5.28. The minimum atomic E-state index is 0.960. The van der Waals surface area contributed by atoms with Gasteiger partial charge in [-0.05, 0) is 161 Å². The van der Waals surface area contributed by atoms with Gasteiger partial charge in [-0.3, -0.25) is 0 Å². The van der Waals surface area contributed by atoms with Gasteiger partial charge in [-0.2, -0.15) is 0 Å². The number of nitrogens with zero attached hydrogens (tertiary/aromatic N) is 1. The van der Waals surface area contributed by atoms with E-state index in [0.29, 0.717) is 0 Å². The topological polar surface area (TPSA) is 12.9 Å². The summed E-state index contributed by atoms with van der Waals surface area (Å²) in [4.78, 5) is 5.28. The van der Waals surface area contributed by atoms with E-state index in [1.165, 1.54) is 125 Å². The largest absolute Gasteiger partial charge is 0.248 e. The zero-order valence-electron chi connectivity index (χ0n) is 37.0. The van der Waals surface area contributed by atoms with Crippen molar-refractivity contribution < 1.29 is 0 Å². The predicted molar refractivity (Wildman–Crippen MR) is 291 cm³/mol. The van der Waals surface area contributed by atoms with Crippen molar-refractivity contribution in [2.75, 3.05) is 0 Å². The van der Waals surface area contributed by atoms with E-state index in [1.807, 2.05) is 0 Å². The molecular weight excluding hydrogens is 819 g/mol. The van der Waals surface area contributed by atoms with E-state index < -0.39 is 0 Å². The average Bonchev–Trinajstić information content (AvgIpc) is 3.92. The Labute approximate surface area is 392 Å². The van der Waals surface area contributed by atoms with E-state index in [0.717, 1.165) is 28.1 Å². The van der Waals surface area contributed by atoms with Gasteiger partial charge in [0.1, 0.15) is 0 Å². The fraction of sp³-hybridized carbons (Fsp3) is 0. The van der Waals surface area contributed by atoms with Gasteiger partial charge >= 0.3 is 0 Å². The SMILES string of the molecule is c1ccc(-c2cc(-c3ccc4c5c(-c6ccc7ccccc7c6)c6c(cc7c8ccccc8c8cccc6c87)c(-c6ccc7ccccc7c6)c5c5cccc3c54)cc(-c3ccccc3)n2)cc1. The summed E-state index contributed by atoms with van der Waals surface area (Å²) < 4.78 is 0. The minimum Gasteiger partial charge on any atom is -0.248 e. The summed E-state index contributed by atoms with van der Waals surface area (Å²) in [6.07, 6.45) is 0. The Morgan fingerprint density at radius 2 is 0.676 bits per heavy atom. The van der Waals surface area contributed by atoms with Crippen LogP contribution in [0.1, 0.15) is 0 Å². The molecule has 312 valence electrons. The number of hydrogen-bond donors (Lipinski definition) is 0. The van der Waals surface area contributed by atoms with E-state index in [9.17, 15) is 0 Å². The molecule has 14 aromatic carbocycles. The van der Waals surface area contributed by atoms with Crippen molar-refractivity contribution in [2.24, 2.45) is 0 Å². The van der Waals surface area contributed by atoms with Gasteiger partial charge in [0.05, 0.1) is 11.4 Å². The molecule has 0 atom stereocenters. The summed E-state index contributed by atoms with van der Waals surface area (Å²) in [6, 6.07) is 87.8. The Hall–Kier alpha value is -8.91. The number of rotatable bonds is 5. The lowest BCUT2D eigenvalue weighted by Gasteiger charge is -2.19. The first-order valence-electron chi connectivity index (χ1n) is 23.6. The average molecular weight is 858 g/mol. The number of aromatic nitrogens is 1. The second-order valence-electron chi connectivity index (χ2n) is 18.5. The highest BCUT2D eigenvalue weighted by molar-refractivity contribution is 6.45. The van der Waals surface area contributed by atoms with Crippen LogP contribution in [0, 0.1) is 0 Å². The molecule has 15 rings (SSSR count). The molecule has 0 spiro atoms. The van der Waals surface area contributed by atoms with Gasteiger partial charge in [0.25, 0.3) is 0 Å². The maximum atomic E-state index is 5.28. The lowest BCUT2D eigenvalue weighted by molar-refractivity contribution is 1.32. The van der Waals surface area contributed by atoms with Crippen molar-refractivity contribution in [1.82, 2.24) is 4.98 Å². The van der Waals surface area contributed by atoms with Crippen LogP contribution < -0.4 is 0 Å². The van der Waals surface area contributed by atoms with Crippen LogP contribution >= 0.6 is 0 Å². The molecule has 0 fully saturated rings. The van der Waals surface area contributed by atoms with E-state index in [2.05, 4.69) is 237 Å². The van der Waals surface area contributed by atoms with Crippen LogP contribution in [0.15, 0.2) is 237 Å². The monoisotopic (exact) mass is 857 g/mol. The first-order chi connectivity index (χ1) is 33.7. The first-order valence-corrected chi connectivity index (χ1v) is 23.6. The van der Waals surface area contributed by atoms with Crippen molar-refractivity contribution in [3.63, 3.8) is 0 Å². The Morgan fingerprint density at radius 1 is 0.206 bits per heavy atom. The van der Waals surface area contributed by atoms with Gasteiger partial charge in [-0.1, -0.05) is 206 Å². The molecule has 0 saturated carbocycles. The Kier molecular flexibility index (Phi) is 7.85. The highest BCUT2D eigenvalue weighted by Gasteiger charge is 2.27. The van der Waals surface area contributed by atoms with Crippen molar-refractivity contribution in [3.8, 4) is 55.9 Å². The molecule has 1 heteroatoms. The molecule has 0 unspecified atom stereocenters. The Balaban J connectivity index is 1.15. The minimum absolute atomic E-state index is 0.960. The molecule has 0 amide bonds. The van der Waals surface area contributed by atoms with E-state index in [4.69, 9.17) is 4.98 Å². The molecule has 0 radical (unpaired) electrons. The van der Waals surface area contributed by atoms with E-state index in [1.54, 1.807) is 0 Å². The van der Waals surface area contributed by atoms with Crippen molar-refractivity contribution >= 4 is 97.0 Å². The second-order valence-corrected chi connectivity index (χ2v) is 18.5. The standard InChI is InChI=1S/C67H39N/c1-3-17-42(18-4-1)59-37-48(38-60(68-59)43-19-5-2-6-20-43)49-33-34-56-63-52(49)25-13-28-55(63)66-61(46-31-29-40-15-7-9-21-44(40)35-46)58-39-57-51-24-12-11-23-50(51)53-26-14-27-54(64(53)57)65(58)62(67(56)66)47-32-30-41-16-8-10-22-45(41)36-47/h1-39H. The van der Waals surface area contributed by atoms with Crippen LogP contribution in [0.4, 0.5) is 0 Å². The van der Waals surface area contributed by atoms with Gasteiger partial charge in [0.15, 0.2) is 0 Å². The second kappa shape index (κ2) is 14.3. The molecule has 0 aliphatic heterocycles. The normalized spacial score (nSPS) is 12.1. The van der Waals surface area contributed by atoms with E-state index >= 15 is 0 Å². The van der Waals surface area contributed by atoms with Crippen LogP contribution in [0.3, 0.4) is 0 Å². The molecule has 0 saturated heterocycles. The molecule has 0 N–H and O–H groups in total. The molecule has 0 bridgehead atoms. The Morgan fingerprint density at radius 3 is 1.32 bits per heavy atom. The third-order valence-corrected chi connectivity index (χ3v) is 14.9. The van der Waals surface area contributed by atoms with Crippen LogP contribution in [0.2, 0.25) is 0 Å². The summed E-state index contributed by atoms with van der Waals surface area (Å²) in [5, 5.41) is 23.1. The van der Waals surface area contributed by atoms with Crippen LogP contribution in [-0.2, 0) is 0 Å². The zero-order valence-corrected chi connectivity index (χ0v) is 37.0. The fourth-order valence-corrected chi connectivity index (χ4v) is 11.9. The van der Waals surface area contributed by atoms with Gasteiger partial charge < -0.3 is 0 Å². The number of pyridine rings is 1. The summed E-state index contributed by atoms with van der Waals surface area (Å²) >= 11 is 0. The molecule has 1 nitrogen and oxygen atoms in total. The molecule has 0 aliphatic carbocycles. The summed E-state index contributed by atoms with van der Waals surface area (Å²) in [7, 11) is 0. The highest BCUT2D eigenvalue weighted by Crippen LogP contribution is 2.55. The van der Waals surface area contributed by atoms with Crippen LogP contribution in [-0.4, -0.2) is 4.98 Å². The Bertz CT molecular complexity index is 4470. The lowest BCUT2D eigenvalue weighted by Crippen LogP contribution is -1.92. The van der Waals surface area contributed by atoms with Crippen molar-refractivity contribution in [3.05, 3.63) is 237 Å². The van der Waals surface area contributed by atoms with Crippen molar-refractivity contribution in [2.45, 2.75) is 0 Å². The first kappa shape index (κ1) is 37.3. The molecule has 15 aromatic rings. The third-order valence-electron chi connectivity index (χ3n) is 14.9. The van der Waals surface area contributed by atoms with Gasteiger partial charge in [-0.15, -0.1) is 0 Å². The molecule has 0 aliphatic rings. The molecular formula is C67H39N. The molecule has 68 heavy (non-hydrogen) atoms. The smallest absolute Gasteiger partial charge is 0.0715 e. The summed E-state index contributed by atoms with van der Waals surface area (Å²) in [5.41, 5.74) is 11.5. The van der Waals surface area contributed by atoms with Crippen LogP contribution in [0.25, 0.3) is 153 Å². The predicted octanol–water partition coefficient (Wildman–Crippen LogP) is 18.7. The van der Waals surface area contributed by atoms with Crippen LogP contribution in [0.5, 0.6) is 0 Å². The quantitative estimate of drug-likeness (QED) is 0.157. The molecule has 1 heterocycles. The summed E-state index contributed by atoms with van der Waals surface area (Å²) in [5.74, 6) is 0. The van der Waals surface area contributed by atoms with E-state index in [-0.39, 0.29) is 0 Å². The lowest BCUT2D eigenvalue weighted by atomic mass is 9.83. The third kappa shape index (κ3) is 5.36. The number of benzene rings is 12. The number of hydrogen-bond acceptors (Lipinski definition) is 1.